The van der Waals surface area contributed by atoms with Crippen LogP contribution in [-0.4, -0.2) is 10.1 Å². The molecule has 72 valence electrons. The quantitative estimate of drug-likeness (QED) is 0.847. The van der Waals surface area contributed by atoms with Gasteiger partial charge in [-0.3, -0.25) is 0 Å². The minimum absolute atomic E-state index is 0.129. The van der Waals surface area contributed by atoms with Crippen LogP contribution < -0.4 is 0 Å². The van der Waals surface area contributed by atoms with Gasteiger partial charge in [0.2, 0.25) is 0 Å². The van der Waals surface area contributed by atoms with Crippen LogP contribution in [0.5, 0.6) is 0 Å². The zero-order chi connectivity index (χ0) is 9.97. The van der Waals surface area contributed by atoms with Crippen LogP contribution in [-0.2, 0) is 0 Å². The summed E-state index contributed by atoms with van der Waals surface area (Å²) in [4.78, 5) is 4.89. The van der Waals surface area contributed by atoms with Crippen molar-refractivity contribution in [3.63, 3.8) is 0 Å². The molecule has 0 saturated heterocycles. The molecule has 1 aromatic carbocycles. The van der Waals surface area contributed by atoms with E-state index in [2.05, 4.69) is 26.1 Å². The summed E-state index contributed by atoms with van der Waals surface area (Å²) in [5.74, 6) is 0. The Labute approximate surface area is 98.0 Å². The van der Waals surface area contributed by atoms with Crippen LogP contribution in [0.25, 0.3) is 0 Å². The second kappa shape index (κ2) is 4.33. The molecule has 6 heteroatoms. The van der Waals surface area contributed by atoms with Gasteiger partial charge in [0.15, 0.2) is 0 Å². The summed E-state index contributed by atoms with van der Waals surface area (Å²) in [7, 11) is 0. The maximum absolute atomic E-state index is 5.52. The minimum Gasteiger partial charge on any atom is -0.326 e. The van der Waals surface area contributed by atoms with Crippen molar-refractivity contribution in [2.24, 2.45) is 0 Å². The average Bonchev–Trinajstić information content (AvgIpc) is 2.56. The van der Waals surface area contributed by atoms with Gasteiger partial charge < -0.3 is 4.52 Å². The van der Waals surface area contributed by atoms with E-state index >= 15 is 0 Å². The molecule has 14 heavy (non-hydrogen) atoms. The molecule has 0 N–H and O–H groups in total. The Kier molecular flexibility index (Phi) is 3.10. The van der Waals surface area contributed by atoms with E-state index in [-0.39, 0.29) is 5.28 Å². The van der Waals surface area contributed by atoms with E-state index in [1.807, 2.05) is 24.3 Å². The third-order valence-electron chi connectivity index (χ3n) is 1.40. The Morgan fingerprint density at radius 1 is 1.29 bits per heavy atom. The van der Waals surface area contributed by atoms with Gasteiger partial charge in [0.05, 0.1) is 0 Å². The molecule has 0 unspecified atom stereocenters. The fourth-order valence-corrected chi connectivity index (χ4v) is 1.94. The molecular formula is C8H4BrClN2OS. The van der Waals surface area contributed by atoms with E-state index in [4.69, 9.17) is 16.1 Å². The van der Waals surface area contributed by atoms with E-state index < -0.39 is 0 Å². The zero-order valence-corrected chi connectivity index (χ0v) is 9.93. The normalized spacial score (nSPS) is 10.4. The van der Waals surface area contributed by atoms with Crippen molar-refractivity contribution in [2.75, 3.05) is 0 Å². The lowest BCUT2D eigenvalue weighted by Crippen LogP contribution is -1.72. The Balaban J connectivity index is 2.15. The van der Waals surface area contributed by atoms with E-state index in [0.29, 0.717) is 5.22 Å². The molecular weight excluding hydrogens is 288 g/mol. The molecule has 2 aromatic rings. The Hall–Kier alpha value is -0.520. The first-order valence-electron chi connectivity index (χ1n) is 3.67. The Bertz CT molecular complexity index is 431. The summed E-state index contributed by atoms with van der Waals surface area (Å²) in [5, 5.41) is 4.05. The van der Waals surface area contributed by atoms with E-state index in [1.165, 1.54) is 11.8 Å². The van der Waals surface area contributed by atoms with Crippen molar-refractivity contribution in [1.82, 2.24) is 10.1 Å². The van der Waals surface area contributed by atoms with Crippen LogP contribution in [0, 0.1) is 0 Å². The number of halogens is 2. The number of hydrogen-bond donors (Lipinski definition) is 0. The largest absolute Gasteiger partial charge is 0.326 e. The summed E-state index contributed by atoms with van der Waals surface area (Å²) in [6.07, 6.45) is 0. The van der Waals surface area contributed by atoms with Gasteiger partial charge in [-0.2, -0.15) is 4.98 Å². The average molecular weight is 292 g/mol. The smallest absolute Gasteiger partial charge is 0.291 e. The zero-order valence-electron chi connectivity index (χ0n) is 6.78. The number of hydrogen-bond acceptors (Lipinski definition) is 4. The summed E-state index contributed by atoms with van der Waals surface area (Å²) in [6.45, 7) is 0. The van der Waals surface area contributed by atoms with Crippen molar-refractivity contribution < 1.29 is 4.52 Å². The van der Waals surface area contributed by atoms with Crippen LogP contribution in [0.2, 0.25) is 5.28 Å². The predicted octanol–water partition coefficient (Wildman–Crippen LogP) is 3.64. The van der Waals surface area contributed by atoms with Crippen molar-refractivity contribution >= 4 is 39.3 Å². The number of nitrogens with zero attached hydrogens (tertiary/aromatic N) is 2. The lowest BCUT2D eigenvalue weighted by atomic mass is 10.4. The highest BCUT2D eigenvalue weighted by Crippen LogP contribution is 2.27. The molecule has 0 bridgehead atoms. The Morgan fingerprint density at radius 2 is 2.00 bits per heavy atom. The van der Waals surface area contributed by atoms with Crippen LogP contribution in [0.1, 0.15) is 0 Å². The molecule has 1 aromatic heterocycles. The maximum atomic E-state index is 5.52. The molecule has 0 amide bonds. The van der Waals surface area contributed by atoms with E-state index in [9.17, 15) is 0 Å². The molecule has 0 saturated carbocycles. The van der Waals surface area contributed by atoms with Crippen LogP contribution >= 0.6 is 39.3 Å². The third-order valence-corrected chi connectivity index (χ3v) is 2.93. The highest BCUT2D eigenvalue weighted by Gasteiger charge is 2.05. The molecule has 0 atom stereocenters. The standard InChI is InChI=1S/C8H4BrClN2OS/c9-5-1-3-6(4-2-5)14-8-11-7(10)12-13-8/h1-4H. The van der Waals surface area contributed by atoms with Crippen LogP contribution in [0.3, 0.4) is 0 Å². The fraction of sp³-hybridized carbons (Fsp3) is 0. The summed E-state index contributed by atoms with van der Waals surface area (Å²) >= 11 is 10.2. The van der Waals surface area contributed by atoms with Gasteiger partial charge in [-0.05, 0) is 52.8 Å². The number of rotatable bonds is 2. The second-order valence-corrected chi connectivity index (χ2v) is 4.66. The molecule has 0 aliphatic rings. The predicted molar refractivity (Wildman–Crippen MR) is 57.6 cm³/mol. The summed E-state index contributed by atoms with van der Waals surface area (Å²) in [6, 6.07) is 7.79. The number of benzene rings is 1. The van der Waals surface area contributed by atoms with E-state index in [0.717, 1.165) is 9.37 Å². The maximum Gasteiger partial charge on any atom is 0.291 e. The highest BCUT2D eigenvalue weighted by atomic mass is 79.9. The second-order valence-electron chi connectivity index (χ2n) is 2.39. The summed E-state index contributed by atoms with van der Waals surface area (Å²) in [5.41, 5.74) is 0. The van der Waals surface area contributed by atoms with Gasteiger partial charge in [-0.1, -0.05) is 15.9 Å². The monoisotopic (exact) mass is 290 g/mol. The van der Waals surface area contributed by atoms with Gasteiger partial charge in [-0.25, -0.2) is 0 Å². The molecule has 0 fully saturated rings. The summed E-state index contributed by atoms with van der Waals surface area (Å²) < 4.78 is 5.89. The van der Waals surface area contributed by atoms with Crippen molar-refractivity contribution in [2.45, 2.75) is 10.1 Å². The van der Waals surface area contributed by atoms with E-state index in [1.54, 1.807) is 0 Å². The molecule has 3 nitrogen and oxygen atoms in total. The minimum atomic E-state index is 0.129. The first kappa shape index (κ1) is 10.0. The van der Waals surface area contributed by atoms with Gasteiger partial charge in [0.25, 0.3) is 10.5 Å². The lowest BCUT2D eigenvalue weighted by molar-refractivity contribution is 0.340. The molecule has 2 rings (SSSR count). The first-order valence-corrected chi connectivity index (χ1v) is 5.65. The molecule has 0 aliphatic heterocycles. The third kappa shape index (κ3) is 2.50. The Morgan fingerprint density at radius 3 is 2.57 bits per heavy atom. The van der Waals surface area contributed by atoms with Crippen LogP contribution in [0.4, 0.5) is 0 Å². The number of aromatic nitrogens is 2. The van der Waals surface area contributed by atoms with Crippen molar-refractivity contribution in [3.8, 4) is 0 Å². The first-order chi connectivity index (χ1) is 6.74. The van der Waals surface area contributed by atoms with Gasteiger partial charge in [-0.15, -0.1) is 0 Å². The van der Waals surface area contributed by atoms with Gasteiger partial charge >= 0.3 is 0 Å². The molecule has 0 radical (unpaired) electrons. The highest BCUT2D eigenvalue weighted by molar-refractivity contribution is 9.10. The molecule has 1 heterocycles. The van der Waals surface area contributed by atoms with Gasteiger partial charge in [0.1, 0.15) is 0 Å². The lowest BCUT2D eigenvalue weighted by Gasteiger charge is -1.95. The molecule has 0 aliphatic carbocycles. The molecule has 0 spiro atoms. The van der Waals surface area contributed by atoms with Crippen LogP contribution in [0.15, 0.2) is 43.4 Å². The van der Waals surface area contributed by atoms with Gasteiger partial charge in [0, 0.05) is 9.37 Å². The fourth-order valence-electron chi connectivity index (χ4n) is 0.838. The SMILES string of the molecule is Clc1noc(Sc2ccc(Br)cc2)n1. The van der Waals surface area contributed by atoms with Crippen molar-refractivity contribution in [3.05, 3.63) is 34.0 Å². The topological polar surface area (TPSA) is 38.9 Å². The van der Waals surface area contributed by atoms with Crippen molar-refractivity contribution in [1.29, 1.82) is 0 Å².